The van der Waals surface area contributed by atoms with Crippen molar-refractivity contribution in [2.24, 2.45) is 0 Å². The summed E-state index contributed by atoms with van der Waals surface area (Å²) < 4.78 is 0. The lowest BCUT2D eigenvalue weighted by Crippen LogP contribution is -2.48. The van der Waals surface area contributed by atoms with Crippen LogP contribution in [0.25, 0.3) is 10.2 Å². The standard InChI is InChI=1S/C16H21N5O3S/c1-3-11-8-12-14(21-6-4-20(5-7-21)10(2)23)18-16(17-13(24)9-22)19-15(12)25-11/h8,22H,3-7,9H2,1-2H3,(H,17,18,19,24). The number of fused-ring (bicyclic) bond motifs is 1. The molecule has 1 aliphatic heterocycles. The molecule has 0 bridgehead atoms. The summed E-state index contributed by atoms with van der Waals surface area (Å²) in [5, 5.41) is 12.4. The zero-order chi connectivity index (χ0) is 18.0. The van der Waals surface area contributed by atoms with E-state index in [1.165, 1.54) is 4.88 Å². The summed E-state index contributed by atoms with van der Waals surface area (Å²) in [4.78, 5) is 37.8. The highest BCUT2D eigenvalue weighted by Crippen LogP contribution is 2.32. The lowest BCUT2D eigenvalue weighted by Gasteiger charge is -2.35. The summed E-state index contributed by atoms with van der Waals surface area (Å²) >= 11 is 1.57. The lowest BCUT2D eigenvalue weighted by atomic mass is 10.2. The highest BCUT2D eigenvalue weighted by Gasteiger charge is 2.23. The van der Waals surface area contributed by atoms with E-state index in [0.29, 0.717) is 26.2 Å². The van der Waals surface area contributed by atoms with Gasteiger partial charge in [-0.2, -0.15) is 4.98 Å². The molecule has 2 aromatic rings. The van der Waals surface area contributed by atoms with Crippen LogP contribution in [0.2, 0.25) is 0 Å². The maximum absolute atomic E-state index is 11.5. The first-order valence-corrected chi connectivity index (χ1v) is 9.05. The predicted octanol–water partition coefficient (Wildman–Crippen LogP) is 0.853. The van der Waals surface area contributed by atoms with Gasteiger partial charge in [0.1, 0.15) is 17.3 Å². The van der Waals surface area contributed by atoms with Crippen LogP contribution in [0, 0.1) is 0 Å². The van der Waals surface area contributed by atoms with E-state index in [1.54, 1.807) is 18.3 Å². The van der Waals surface area contributed by atoms with Gasteiger partial charge in [0.2, 0.25) is 11.9 Å². The summed E-state index contributed by atoms with van der Waals surface area (Å²) in [6, 6.07) is 2.09. The van der Waals surface area contributed by atoms with Crippen molar-refractivity contribution < 1.29 is 14.7 Å². The highest BCUT2D eigenvalue weighted by atomic mass is 32.1. The van der Waals surface area contributed by atoms with Crippen LogP contribution in [0.3, 0.4) is 0 Å². The predicted molar refractivity (Wildman–Crippen MR) is 97.0 cm³/mol. The molecule has 0 atom stereocenters. The Morgan fingerprint density at radius 3 is 2.60 bits per heavy atom. The molecule has 134 valence electrons. The van der Waals surface area contributed by atoms with Gasteiger partial charge in [0.05, 0.1) is 5.39 Å². The molecular formula is C16H21N5O3S. The minimum absolute atomic E-state index is 0.0761. The Morgan fingerprint density at radius 2 is 2.00 bits per heavy atom. The molecule has 0 aliphatic carbocycles. The van der Waals surface area contributed by atoms with Crippen LogP contribution in [0.1, 0.15) is 18.7 Å². The van der Waals surface area contributed by atoms with E-state index in [0.717, 1.165) is 22.5 Å². The fraction of sp³-hybridized carbons (Fsp3) is 0.500. The largest absolute Gasteiger partial charge is 0.387 e. The van der Waals surface area contributed by atoms with E-state index in [1.807, 2.05) is 4.90 Å². The molecule has 1 aliphatic rings. The maximum atomic E-state index is 11.5. The molecule has 2 aromatic heterocycles. The average Bonchev–Trinajstić information content (AvgIpc) is 3.04. The second-order valence-electron chi connectivity index (χ2n) is 5.86. The van der Waals surface area contributed by atoms with Crippen LogP contribution in [-0.2, 0) is 16.0 Å². The fourth-order valence-corrected chi connectivity index (χ4v) is 3.79. The van der Waals surface area contributed by atoms with Gasteiger partial charge in [0, 0.05) is 38.0 Å². The number of carbonyl (C=O) groups is 2. The number of aromatic nitrogens is 2. The molecule has 0 radical (unpaired) electrons. The SMILES string of the molecule is CCc1cc2c(N3CCN(C(C)=O)CC3)nc(NC(=O)CO)nc2s1. The van der Waals surface area contributed by atoms with Crippen LogP contribution in [0.5, 0.6) is 0 Å². The Bertz CT molecular complexity index is 798. The Hall–Kier alpha value is -2.26. The van der Waals surface area contributed by atoms with Gasteiger partial charge in [-0.3, -0.25) is 14.9 Å². The van der Waals surface area contributed by atoms with Gasteiger partial charge in [-0.1, -0.05) is 6.92 Å². The molecule has 0 unspecified atom stereocenters. The number of hydrogen-bond donors (Lipinski definition) is 2. The number of nitrogens with zero attached hydrogens (tertiary/aromatic N) is 4. The van der Waals surface area contributed by atoms with Crippen LogP contribution in [0.4, 0.5) is 11.8 Å². The number of hydrogen-bond acceptors (Lipinski definition) is 7. The maximum Gasteiger partial charge on any atom is 0.252 e. The number of piperazine rings is 1. The zero-order valence-corrected chi connectivity index (χ0v) is 15.1. The van der Waals surface area contributed by atoms with E-state index in [4.69, 9.17) is 5.11 Å². The van der Waals surface area contributed by atoms with Gasteiger partial charge in [-0.15, -0.1) is 11.3 Å². The summed E-state index contributed by atoms with van der Waals surface area (Å²) in [6.07, 6.45) is 0.900. The van der Waals surface area contributed by atoms with Gasteiger partial charge in [-0.25, -0.2) is 4.98 Å². The first kappa shape index (κ1) is 17.6. The second-order valence-corrected chi connectivity index (χ2v) is 6.97. The second kappa shape index (κ2) is 7.32. The summed E-state index contributed by atoms with van der Waals surface area (Å²) in [5.41, 5.74) is 0. The third-order valence-electron chi connectivity index (χ3n) is 4.19. The number of amides is 2. The van der Waals surface area contributed by atoms with Gasteiger partial charge in [0.15, 0.2) is 0 Å². The van der Waals surface area contributed by atoms with Gasteiger partial charge < -0.3 is 14.9 Å². The minimum atomic E-state index is -0.612. The summed E-state index contributed by atoms with van der Waals surface area (Å²) in [7, 11) is 0. The topological polar surface area (TPSA) is 98.7 Å². The van der Waals surface area contributed by atoms with Crippen molar-refractivity contribution in [3.8, 4) is 0 Å². The van der Waals surface area contributed by atoms with Gasteiger partial charge >= 0.3 is 0 Å². The number of thiophene rings is 1. The number of aliphatic hydroxyl groups is 1. The Labute approximate surface area is 149 Å². The minimum Gasteiger partial charge on any atom is -0.387 e. The fourth-order valence-electron chi connectivity index (χ4n) is 2.82. The van der Waals surface area contributed by atoms with Crippen molar-refractivity contribution in [3.63, 3.8) is 0 Å². The normalized spacial score (nSPS) is 14.8. The van der Waals surface area contributed by atoms with Crippen molar-refractivity contribution in [1.29, 1.82) is 0 Å². The van der Waals surface area contributed by atoms with Gasteiger partial charge in [0.25, 0.3) is 5.91 Å². The van der Waals surface area contributed by atoms with Crippen LogP contribution in [0.15, 0.2) is 6.07 Å². The Morgan fingerprint density at radius 1 is 1.28 bits per heavy atom. The van der Waals surface area contributed by atoms with Crippen molar-refractivity contribution in [1.82, 2.24) is 14.9 Å². The molecule has 3 heterocycles. The van der Waals surface area contributed by atoms with Crippen LogP contribution in [-0.4, -0.2) is 64.6 Å². The third-order valence-corrected chi connectivity index (χ3v) is 5.36. The number of rotatable bonds is 4. The van der Waals surface area contributed by atoms with Crippen molar-refractivity contribution >= 4 is 45.1 Å². The van der Waals surface area contributed by atoms with E-state index in [9.17, 15) is 9.59 Å². The molecule has 3 rings (SSSR count). The summed E-state index contributed by atoms with van der Waals surface area (Å²) in [5.74, 6) is 0.489. The number of aryl methyl sites for hydroxylation is 1. The third kappa shape index (κ3) is 3.72. The number of aliphatic hydroxyl groups excluding tert-OH is 1. The average molecular weight is 363 g/mol. The molecule has 2 N–H and O–H groups in total. The van der Waals surface area contributed by atoms with Gasteiger partial charge in [-0.05, 0) is 12.5 Å². The molecule has 1 saturated heterocycles. The molecule has 0 saturated carbocycles. The monoisotopic (exact) mass is 363 g/mol. The van der Waals surface area contributed by atoms with Crippen molar-refractivity contribution in [2.75, 3.05) is 43.0 Å². The number of anilines is 2. The van der Waals surface area contributed by atoms with Crippen LogP contribution >= 0.6 is 11.3 Å². The van der Waals surface area contributed by atoms with Crippen LogP contribution < -0.4 is 10.2 Å². The molecule has 2 amide bonds. The molecule has 9 heteroatoms. The zero-order valence-electron chi connectivity index (χ0n) is 14.3. The van der Waals surface area contributed by atoms with E-state index < -0.39 is 12.5 Å². The Balaban J connectivity index is 1.95. The molecule has 0 spiro atoms. The van der Waals surface area contributed by atoms with E-state index in [2.05, 4.69) is 33.2 Å². The molecular weight excluding hydrogens is 342 g/mol. The lowest BCUT2D eigenvalue weighted by molar-refractivity contribution is -0.129. The smallest absolute Gasteiger partial charge is 0.252 e. The number of nitrogens with one attached hydrogen (secondary N) is 1. The van der Waals surface area contributed by atoms with E-state index in [-0.39, 0.29) is 11.9 Å². The summed E-state index contributed by atoms with van der Waals surface area (Å²) in [6.45, 7) is 5.69. The van der Waals surface area contributed by atoms with Crippen molar-refractivity contribution in [3.05, 3.63) is 10.9 Å². The van der Waals surface area contributed by atoms with Crippen molar-refractivity contribution in [2.45, 2.75) is 20.3 Å². The molecule has 25 heavy (non-hydrogen) atoms. The first-order valence-electron chi connectivity index (χ1n) is 8.23. The van der Waals surface area contributed by atoms with E-state index >= 15 is 0 Å². The first-order chi connectivity index (χ1) is 12.0. The quantitative estimate of drug-likeness (QED) is 0.836. The number of carbonyl (C=O) groups excluding carboxylic acids is 2. The highest BCUT2D eigenvalue weighted by molar-refractivity contribution is 7.18. The Kier molecular flexibility index (Phi) is 5.14. The molecule has 0 aromatic carbocycles. The molecule has 1 fully saturated rings. The molecule has 8 nitrogen and oxygen atoms in total.